The highest BCUT2D eigenvalue weighted by atomic mass is 35.5. The van der Waals surface area contributed by atoms with Gasteiger partial charge in [-0.1, -0.05) is 11.6 Å². The number of nitro groups is 1. The van der Waals surface area contributed by atoms with E-state index < -0.39 is 4.92 Å². The van der Waals surface area contributed by atoms with Crippen molar-refractivity contribution in [3.63, 3.8) is 0 Å². The Hall–Kier alpha value is -2.67. The van der Waals surface area contributed by atoms with Crippen molar-refractivity contribution < 1.29 is 9.66 Å². The van der Waals surface area contributed by atoms with E-state index in [4.69, 9.17) is 22.1 Å². The van der Waals surface area contributed by atoms with Gasteiger partial charge < -0.3 is 10.5 Å². The number of ether oxygens (including phenoxy) is 1. The molecule has 0 aliphatic heterocycles. The van der Waals surface area contributed by atoms with Crippen LogP contribution in [0.3, 0.4) is 0 Å². The molecule has 108 valence electrons. The molecule has 21 heavy (non-hydrogen) atoms. The number of non-ortho nitro benzene ring substituents is 1. The number of nitrogen functional groups attached to an aromatic ring is 1. The summed E-state index contributed by atoms with van der Waals surface area (Å²) in [5, 5.41) is 18.8. The predicted molar refractivity (Wildman–Crippen MR) is 79.7 cm³/mol. The summed E-state index contributed by atoms with van der Waals surface area (Å²) in [5.41, 5.74) is 6.95. The third kappa shape index (κ3) is 3.46. The van der Waals surface area contributed by atoms with Crippen molar-refractivity contribution in [1.29, 1.82) is 0 Å². The highest BCUT2D eigenvalue weighted by Crippen LogP contribution is 2.35. The summed E-state index contributed by atoms with van der Waals surface area (Å²) in [7, 11) is 1.48. The van der Waals surface area contributed by atoms with E-state index in [2.05, 4.69) is 10.2 Å². The lowest BCUT2D eigenvalue weighted by molar-refractivity contribution is -0.384. The quantitative estimate of drug-likeness (QED) is 0.394. The average molecular weight is 307 g/mol. The summed E-state index contributed by atoms with van der Waals surface area (Å²) < 4.78 is 5.07. The summed E-state index contributed by atoms with van der Waals surface area (Å²) in [4.78, 5) is 10.1. The predicted octanol–water partition coefficient (Wildman–Crippen LogP) is 4.25. The Morgan fingerprint density at radius 2 is 1.90 bits per heavy atom. The summed E-state index contributed by atoms with van der Waals surface area (Å²) in [5.74, 6) is 0.442. The van der Waals surface area contributed by atoms with Gasteiger partial charge in [-0.05, 0) is 18.2 Å². The van der Waals surface area contributed by atoms with Crippen LogP contribution in [0.4, 0.5) is 22.7 Å². The molecule has 0 saturated heterocycles. The molecule has 7 nitrogen and oxygen atoms in total. The first-order valence-electron chi connectivity index (χ1n) is 5.80. The number of nitrogens with zero attached hydrogens (tertiary/aromatic N) is 3. The summed E-state index contributed by atoms with van der Waals surface area (Å²) in [6, 6.07) is 8.75. The number of methoxy groups -OCH3 is 1. The van der Waals surface area contributed by atoms with E-state index in [-0.39, 0.29) is 5.69 Å². The molecule has 0 radical (unpaired) electrons. The third-order valence-electron chi connectivity index (χ3n) is 2.63. The minimum absolute atomic E-state index is 0.0128. The molecule has 0 unspecified atom stereocenters. The van der Waals surface area contributed by atoms with Crippen molar-refractivity contribution in [2.45, 2.75) is 0 Å². The molecule has 8 heteroatoms. The standard InChI is InChI=1S/C13H11ClN4O3/c1-21-13-7-12(10(14)6-11(13)15)17-16-8-2-4-9(5-3-8)18(19)20/h2-7H,15H2,1H3. The molecule has 0 fully saturated rings. The van der Waals surface area contributed by atoms with Gasteiger partial charge in [0.1, 0.15) is 11.4 Å². The number of azo groups is 1. The van der Waals surface area contributed by atoms with Crippen molar-refractivity contribution in [3.8, 4) is 5.75 Å². The monoisotopic (exact) mass is 306 g/mol. The Morgan fingerprint density at radius 3 is 2.48 bits per heavy atom. The van der Waals surface area contributed by atoms with Crippen LogP contribution in [-0.4, -0.2) is 12.0 Å². The number of benzene rings is 2. The fourth-order valence-corrected chi connectivity index (χ4v) is 1.77. The molecule has 0 aromatic heterocycles. The zero-order valence-corrected chi connectivity index (χ0v) is 11.7. The van der Waals surface area contributed by atoms with Gasteiger partial charge in [-0.2, -0.15) is 5.11 Å². The molecule has 2 N–H and O–H groups in total. The van der Waals surface area contributed by atoms with E-state index in [0.29, 0.717) is 27.8 Å². The van der Waals surface area contributed by atoms with E-state index in [1.165, 1.54) is 37.4 Å². The number of hydrogen-bond donors (Lipinski definition) is 1. The van der Waals surface area contributed by atoms with Crippen LogP contribution in [0.2, 0.25) is 5.02 Å². The Kier molecular flexibility index (Phi) is 4.34. The maximum Gasteiger partial charge on any atom is 0.269 e. The van der Waals surface area contributed by atoms with Crippen molar-refractivity contribution in [2.24, 2.45) is 10.2 Å². The topological polar surface area (TPSA) is 103 Å². The van der Waals surface area contributed by atoms with Crippen LogP contribution < -0.4 is 10.5 Å². The maximum absolute atomic E-state index is 10.5. The lowest BCUT2D eigenvalue weighted by atomic mass is 10.2. The molecular weight excluding hydrogens is 296 g/mol. The fraction of sp³-hybridized carbons (Fsp3) is 0.0769. The first-order chi connectivity index (χ1) is 10.0. The van der Waals surface area contributed by atoms with Gasteiger partial charge in [0, 0.05) is 18.2 Å². The fourth-order valence-electron chi connectivity index (χ4n) is 1.56. The van der Waals surface area contributed by atoms with E-state index in [1.54, 1.807) is 6.07 Å². The van der Waals surface area contributed by atoms with Gasteiger partial charge in [-0.3, -0.25) is 10.1 Å². The minimum Gasteiger partial charge on any atom is -0.495 e. The zero-order chi connectivity index (χ0) is 15.4. The second-order valence-electron chi connectivity index (χ2n) is 4.02. The van der Waals surface area contributed by atoms with E-state index >= 15 is 0 Å². The first-order valence-corrected chi connectivity index (χ1v) is 6.18. The van der Waals surface area contributed by atoms with Gasteiger partial charge in [-0.25, -0.2) is 0 Å². The molecule has 2 aromatic rings. The SMILES string of the molecule is COc1cc(N=Nc2ccc([N+](=O)[O-])cc2)c(Cl)cc1N. The molecule has 0 aliphatic carbocycles. The molecule has 2 rings (SSSR count). The van der Waals surface area contributed by atoms with Gasteiger partial charge in [0.2, 0.25) is 0 Å². The van der Waals surface area contributed by atoms with E-state index in [0.717, 1.165) is 0 Å². The second kappa shape index (κ2) is 6.19. The second-order valence-corrected chi connectivity index (χ2v) is 4.43. The maximum atomic E-state index is 10.5. The molecule has 0 spiro atoms. The number of anilines is 1. The zero-order valence-electron chi connectivity index (χ0n) is 11.0. The van der Waals surface area contributed by atoms with Gasteiger partial charge in [0.25, 0.3) is 5.69 Å². The minimum atomic E-state index is -0.484. The Labute approximate surface area is 125 Å². The number of halogens is 1. The molecule has 0 bridgehead atoms. The lowest BCUT2D eigenvalue weighted by Crippen LogP contribution is -1.91. The third-order valence-corrected chi connectivity index (χ3v) is 2.94. The van der Waals surface area contributed by atoms with Crippen LogP contribution in [0.5, 0.6) is 5.75 Å². The Bertz CT molecular complexity index is 701. The number of hydrogen-bond acceptors (Lipinski definition) is 6. The van der Waals surface area contributed by atoms with Gasteiger partial charge >= 0.3 is 0 Å². The van der Waals surface area contributed by atoms with Crippen molar-refractivity contribution in [1.82, 2.24) is 0 Å². The van der Waals surface area contributed by atoms with E-state index in [1.807, 2.05) is 0 Å². The van der Waals surface area contributed by atoms with Crippen molar-refractivity contribution in [3.05, 3.63) is 51.5 Å². The number of nitro benzene ring substituents is 1. The molecule has 0 heterocycles. The Morgan fingerprint density at radius 1 is 1.24 bits per heavy atom. The molecule has 0 atom stereocenters. The van der Waals surface area contributed by atoms with Crippen LogP contribution in [0, 0.1) is 10.1 Å². The number of rotatable bonds is 4. The molecule has 0 saturated carbocycles. The molecule has 2 aromatic carbocycles. The van der Waals surface area contributed by atoms with Crippen molar-refractivity contribution in [2.75, 3.05) is 12.8 Å². The average Bonchev–Trinajstić information content (AvgIpc) is 2.47. The summed E-state index contributed by atoms with van der Waals surface area (Å²) in [6.45, 7) is 0. The Balaban J connectivity index is 2.26. The summed E-state index contributed by atoms with van der Waals surface area (Å²) >= 11 is 6.01. The van der Waals surface area contributed by atoms with Gasteiger partial charge in [0.05, 0.1) is 28.4 Å². The largest absolute Gasteiger partial charge is 0.495 e. The van der Waals surface area contributed by atoms with Gasteiger partial charge in [0.15, 0.2) is 0 Å². The highest BCUT2D eigenvalue weighted by molar-refractivity contribution is 6.33. The van der Waals surface area contributed by atoms with Crippen LogP contribution >= 0.6 is 11.6 Å². The summed E-state index contributed by atoms with van der Waals surface area (Å²) in [6.07, 6.45) is 0. The molecule has 0 amide bonds. The number of nitrogens with two attached hydrogens (primary N) is 1. The van der Waals surface area contributed by atoms with E-state index in [9.17, 15) is 10.1 Å². The highest BCUT2D eigenvalue weighted by Gasteiger charge is 2.07. The van der Waals surface area contributed by atoms with Crippen LogP contribution in [0.25, 0.3) is 0 Å². The molecule has 0 aliphatic rings. The first kappa shape index (κ1) is 14.7. The van der Waals surface area contributed by atoms with Gasteiger partial charge in [-0.15, -0.1) is 5.11 Å². The van der Waals surface area contributed by atoms with Crippen LogP contribution in [0.15, 0.2) is 46.6 Å². The van der Waals surface area contributed by atoms with Crippen LogP contribution in [-0.2, 0) is 0 Å². The molecular formula is C13H11ClN4O3. The smallest absolute Gasteiger partial charge is 0.269 e. The van der Waals surface area contributed by atoms with Crippen molar-refractivity contribution >= 4 is 34.4 Å². The normalized spacial score (nSPS) is 10.8. The van der Waals surface area contributed by atoms with Crippen LogP contribution in [0.1, 0.15) is 0 Å². The lowest BCUT2D eigenvalue weighted by Gasteiger charge is -2.06.